The van der Waals surface area contributed by atoms with E-state index in [1.165, 1.54) is 24.1 Å². The van der Waals surface area contributed by atoms with Gasteiger partial charge in [-0.3, -0.25) is 4.79 Å². The molecular formula is C12H17FN2O2. The van der Waals surface area contributed by atoms with Crippen LogP contribution in [0.15, 0.2) is 24.3 Å². The van der Waals surface area contributed by atoms with Crippen LogP contribution in [0.3, 0.4) is 0 Å². The van der Waals surface area contributed by atoms with Gasteiger partial charge in [-0.1, -0.05) is 0 Å². The van der Waals surface area contributed by atoms with Gasteiger partial charge in [-0.05, 0) is 31.2 Å². The van der Waals surface area contributed by atoms with E-state index in [1.807, 2.05) is 6.92 Å². The molecule has 1 amide bonds. The summed E-state index contributed by atoms with van der Waals surface area (Å²) >= 11 is 0. The summed E-state index contributed by atoms with van der Waals surface area (Å²) in [5.74, 6) is -0.570. The van der Waals surface area contributed by atoms with E-state index in [0.717, 1.165) is 0 Å². The van der Waals surface area contributed by atoms with E-state index in [9.17, 15) is 9.18 Å². The summed E-state index contributed by atoms with van der Waals surface area (Å²) in [5.41, 5.74) is 6.31. The standard InChI is InChI=1S/C12H17FN2O2/c1-3-15(12(16)11(14)8-17-2)10-6-4-9(13)5-7-10/h4-7,11H,3,8,14H2,1-2H3. The van der Waals surface area contributed by atoms with E-state index in [-0.39, 0.29) is 18.3 Å². The molecule has 0 aliphatic carbocycles. The van der Waals surface area contributed by atoms with E-state index in [2.05, 4.69) is 0 Å². The minimum Gasteiger partial charge on any atom is -0.383 e. The van der Waals surface area contributed by atoms with Crippen LogP contribution in [0, 0.1) is 5.82 Å². The molecule has 0 saturated heterocycles. The van der Waals surface area contributed by atoms with Crippen LogP contribution < -0.4 is 10.6 Å². The van der Waals surface area contributed by atoms with Gasteiger partial charge in [0, 0.05) is 19.3 Å². The van der Waals surface area contributed by atoms with Crippen LogP contribution in [-0.4, -0.2) is 32.2 Å². The summed E-state index contributed by atoms with van der Waals surface area (Å²) in [6, 6.07) is 5.03. The maximum Gasteiger partial charge on any atom is 0.246 e. The van der Waals surface area contributed by atoms with E-state index in [1.54, 1.807) is 12.1 Å². The van der Waals surface area contributed by atoms with Crippen molar-refractivity contribution in [3.05, 3.63) is 30.1 Å². The lowest BCUT2D eigenvalue weighted by Gasteiger charge is -2.24. The number of hydrogen-bond donors (Lipinski definition) is 1. The molecule has 0 spiro atoms. The van der Waals surface area contributed by atoms with E-state index >= 15 is 0 Å². The summed E-state index contributed by atoms with van der Waals surface area (Å²) in [5, 5.41) is 0. The third kappa shape index (κ3) is 3.51. The number of methoxy groups -OCH3 is 1. The average Bonchev–Trinajstić information content (AvgIpc) is 2.32. The molecule has 94 valence electrons. The molecule has 0 aromatic heterocycles. The number of benzene rings is 1. The predicted molar refractivity (Wildman–Crippen MR) is 64.3 cm³/mol. The zero-order valence-electron chi connectivity index (χ0n) is 10.0. The van der Waals surface area contributed by atoms with E-state index in [0.29, 0.717) is 12.2 Å². The summed E-state index contributed by atoms with van der Waals surface area (Å²) < 4.78 is 17.6. The van der Waals surface area contributed by atoms with Gasteiger partial charge in [-0.15, -0.1) is 0 Å². The van der Waals surface area contributed by atoms with Gasteiger partial charge < -0.3 is 15.4 Å². The number of anilines is 1. The molecule has 1 aromatic rings. The number of nitrogens with zero attached hydrogens (tertiary/aromatic N) is 1. The Morgan fingerprint density at radius 1 is 1.47 bits per heavy atom. The van der Waals surface area contributed by atoms with Gasteiger partial charge in [0.2, 0.25) is 5.91 Å². The van der Waals surface area contributed by atoms with Crippen LogP contribution in [0.25, 0.3) is 0 Å². The van der Waals surface area contributed by atoms with Gasteiger partial charge in [-0.2, -0.15) is 0 Å². The molecule has 5 heteroatoms. The van der Waals surface area contributed by atoms with Crippen molar-refractivity contribution < 1.29 is 13.9 Å². The summed E-state index contributed by atoms with van der Waals surface area (Å²) in [7, 11) is 1.49. The summed E-state index contributed by atoms with van der Waals surface area (Å²) in [6.07, 6.45) is 0. The smallest absolute Gasteiger partial charge is 0.246 e. The number of carbonyl (C=O) groups excluding carboxylic acids is 1. The molecular weight excluding hydrogens is 223 g/mol. The maximum absolute atomic E-state index is 12.8. The fraction of sp³-hybridized carbons (Fsp3) is 0.417. The summed E-state index contributed by atoms with van der Waals surface area (Å²) in [4.78, 5) is 13.5. The maximum atomic E-state index is 12.8. The zero-order chi connectivity index (χ0) is 12.8. The van der Waals surface area contributed by atoms with E-state index < -0.39 is 6.04 Å². The molecule has 0 aliphatic rings. The average molecular weight is 240 g/mol. The first-order chi connectivity index (χ1) is 8.10. The Bertz CT molecular complexity index is 367. The molecule has 1 atom stereocenters. The molecule has 1 unspecified atom stereocenters. The van der Waals surface area contributed by atoms with Crippen LogP contribution in [0.5, 0.6) is 0 Å². The molecule has 0 bridgehead atoms. The zero-order valence-corrected chi connectivity index (χ0v) is 10.0. The molecule has 4 nitrogen and oxygen atoms in total. The number of amides is 1. The number of halogens is 1. The second-order valence-electron chi connectivity index (χ2n) is 3.62. The number of ether oxygens (including phenoxy) is 1. The number of nitrogens with two attached hydrogens (primary N) is 1. The Kier molecular flexibility index (Phi) is 5.06. The molecule has 0 saturated carbocycles. The van der Waals surface area contributed by atoms with Crippen molar-refractivity contribution in [2.45, 2.75) is 13.0 Å². The second-order valence-corrected chi connectivity index (χ2v) is 3.62. The van der Waals surface area contributed by atoms with Crippen molar-refractivity contribution in [1.29, 1.82) is 0 Å². The highest BCUT2D eigenvalue weighted by atomic mass is 19.1. The quantitative estimate of drug-likeness (QED) is 0.840. The van der Waals surface area contributed by atoms with E-state index in [4.69, 9.17) is 10.5 Å². The third-order valence-electron chi connectivity index (χ3n) is 2.38. The lowest BCUT2D eigenvalue weighted by molar-refractivity contribution is -0.120. The Morgan fingerprint density at radius 3 is 2.53 bits per heavy atom. The van der Waals surface area contributed by atoms with Crippen LogP contribution in [0.2, 0.25) is 0 Å². The first-order valence-corrected chi connectivity index (χ1v) is 5.41. The highest BCUT2D eigenvalue weighted by Crippen LogP contribution is 2.15. The van der Waals surface area contributed by atoms with Gasteiger partial charge >= 0.3 is 0 Å². The van der Waals surface area contributed by atoms with Crippen LogP contribution >= 0.6 is 0 Å². The van der Waals surface area contributed by atoms with Gasteiger partial charge in [0.25, 0.3) is 0 Å². The SMILES string of the molecule is CCN(C(=O)C(N)COC)c1ccc(F)cc1. The molecule has 1 rings (SSSR count). The highest BCUT2D eigenvalue weighted by molar-refractivity contribution is 5.97. The van der Waals surface area contributed by atoms with Crippen molar-refractivity contribution in [3.8, 4) is 0 Å². The molecule has 0 fully saturated rings. The van der Waals surface area contributed by atoms with Crippen LogP contribution in [0.1, 0.15) is 6.92 Å². The number of likely N-dealkylation sites (N-methyl/N-ethyl adjacent to an activating group) is 1. The Labute approximate surface area is 100 Å². The number of carbonyl (C=O) groups is 1. The van der Waals surface area contributed by atoms with Crippen molar-refractivity contribution in [1.82, 2.24) is 0 Å². The molecule has 0 radical (unpaired) electrons. The fourth-order valence-corrected chi connectivity index (χ4v) is 1.54. The predicted octanol–water partition coefficient (Wildman–Crippen LogP) is 1.15. The minimum absolute atomic E-state index is 0.163. The lowest BCUT2D eigenvalue weighted by atomic mass is 10.2. The first-order valence-electron chi connectivity index (χ1n) is 5.41. The number of rotatable bonds is 5. The number of hydrogen-bond acceptors (Lipinski definition) is 3. The fourth-order valence-electron chi connectivity index (χ4n) is 1.54. The minimum atomic E-state index is -0.704. The second kappa shape index (κ2) is 6.32. The largest absolute Gasteiger partial charge is 0.383 e. The first kappa shape index (κ1) is 13.6. The Balaban J connectivity index is 2.84. The monoisotopic (exact) mass is 240 g/mol. The normalized spacial score (nSPS) is 12.2. The highest BCUT2D eigenvalue weighted by Gasteiger charge is 2.20. The van der Waals surface area contributed by atoms with Crippen LogP contribution in [-0.2, 0) is 9.53 Å². The third-order valence-corrected chi connectivity index (χ3v) is 2.38. The van der Waals surface area contributed by atoms with Crippen molar-refractivity contribution in [2.75, 3.05) is 25.2 Å². The Morgan fingerprint density at radius 2 is 2.06 bits per heavy atom. The molecule has 1 aromatic carbocycles. The topological polar surface area (TPSA) is 55.6 Å². The van der Waals surface area contributed by atoms with Crippen LogP contribution in [0.4, 0.5) is 10.1 Å². The van der Waals surface area contributed by atoms with Crippen molar-refractivity contribution >= 4 is 11.6 Å². The summed E-state index contributed by atoms with van der Waals surface area (Å²) in [6.45, 7) is 2.47. The molecule has 17 heavy (non-hydrogen) atoms. The molecule has 0 aliphatic heterocycles. The van der Waals surface area contributed by atoms with Gasteiger partial charge in [-0.25, -0.2) is 4.39 Å². The molecule has 0 heterocycles. The van der Waals surface area contributed by atoms with Gasteiger partial charge in [0.15, 0.2) is 0 Å². The Hall–Kier alpha value is -1.46. The van der Waals surface area contributed by atoms with Crippen molar-refractivity contribution in [3.63, 3.8) is 0 Å². The lowest BCUT2D eigenvalue weighted by Crippen LogP contribution is -2.46. The van der Waals surface area contributed by atoms with Crippen molar-refractivity contribution in [2.24, 2.45) is 5.73 Å². The van der Waals surface area contributed by atoms with Gasteiger partial charge in [0.05, 0.1) is 6.61 Å². The molecule has 2 N–H and O–H groups in total. The van der Waals surface area contributed by atoms with Gasteiger partial charge in [0.1, 0.15) is 11.9 Å².